The summed E-state index contributed by atoms with van der Waals surface area (Å²) in [5, 5.41) is 3.13. The van der Waals surface area contributed by atoms with Crippen molar-refractivity contribution in [3.8, 4) is 0 Å². The molecule has 2 aromatic rings. The molecule has 0 atom stereocenters. The van der Waals surface area contributed by atoms with Crippen LogP contribution in [0.3, 0.4) is 0 Å². The molecule has 0 saturated carbocycles. The van der Waals surface area contributed by atoms with Crippen LogP contribution in [0.1, 0.15) is 18.1 Å². The predicted molar refractivity (Wildman–Crippen MR) is 81.3 cm³/mol. The molecule has 1 aromatic heterocycles. The van der Waals surface area contributed by atoms with Gasteiger partial charge in [0.2, 0.25) is 0 Å². The summed E-state index contributed by atoms with van der Waals surface area (Å²) in [6.45, 7) is 3.86. The van der Waals surface area contributed by atoms with Gasteiger partial charge in [0, 0.05) is 11.3 Å². The Bertz CT molecular complexity index is 632. The van der Waals surface area contributed by atoms with Gasteiger partial charge < -0.3 is 10.7 Å². The molecule has 0 aliphatic heterocycles. The van der Waals surface area contributed by atoms with E-state index in [-0.39, 0.29) is 5.82 Å². The lowest BCUT2D eigenvalue weighted by molar-refractivity contribution is 0.621. The number of aryl methyl sites for hydroxylation is 1. The Labute approximate surface area is 124 Å². The molecule has 0 radical (unpaired) electrons. The van der Waals surface area contributed by atoms with Crippen molar-refractivity contribution in [1.29, 1.82) is 0 Å². The van der Waals surface area contributed by atoms with Gasteiger partial charge in [-0.1, -0.05) is 6.92 Å². The molecule has 0 aliphatic rings. The minimum Gasteiger partial charge on any atom is -0.340 e. The number of hydrazine groups is 1. The Kier molecular flexibility index (Phi) is 4.51. The SMILES string of the molecule is CCc1c(NN)ncnc1Nc1cc(F)c(Br)cc1C. The fraction of sp³-hybridized carbons (Fsp3) is 0.231. The maximum absolute atomic E-state index is 13.6. The Hall–Kier alpha value is -1.73. The van der Waals surface area contributed by atoms with Crippen molar-refractivity contribution in [2.24, 2.45) is 5.84 Å². The first-order valence-corrected chi connectivity index (χ1v) is 6.89. The van der Waals surface area contributed by atoms with Gasteiger partial charge in [0.1, 0.15) is 23.8 Å². The average molecular weight is 340 g/mol. The highest BCUT2D eigenvalue weighted by Crippen LogP contribution is 2.28. The van der Waals surface area contributed by atoms with Crippen LogP contribution in [0, 0.1) is 12.7 Å². The number of hydrogen-bond acceptors (Lipinski definition) is 5. The minimum absolute atomic E-state index is 0.331. The molecule has 1 heterocycles. The highest BCUT2D eigenvalue weighted by atomic mass is 79.9. The molecule has 1 aromatic carbocycles. The summed E-state index contributed by atoms with van der Waals surface area (Å²) in [5.41, 5.74) is 4.94. The van der Waals surface area contributed by atoms with Crippen LogP contribution in [-0.4, -0.2) is 9.97 Å². The lowest BCUT2D eigenvalue weighted by atomic mass is 10.1. The first-order chi connectivity index (χ1) is 9.56. The highest BCUT2D eigenvalue weighted by molar-refractivity contribution is 9.10. The summed E-state index contributed by atoms with van der Waals surface area (Å²) in [6.07, 6.45) is 2.10. The summed E-state index contributed by atoms with van der Waals surface area (Å²) >= 11 is 3.16. The van der Waals surface area contributed by atoms with Crippen molar-refractivity contribution >= 4 is 33.3 Å². The Balaban J connectivity index is 2.42. The summed E-state index contributed by atoms with van der Waals surface area (Å²) in [6, 6.07) is 3.14. The third-order valence-electron chi connectivity index (χ3n) is 2.96. The smallest absolute Gasteiger partial charge is 0.148 e. The first-order valence-electron chi connectivity index (χ1n) is 6.10. The second-order valence-electron chi connectivity index (χ2n) is 4.25. The molecule has 0 bridgehead atoms. The number of hydrogen-bond donors (Lipinski definition) is 3. The number of nitrogen functional groups attached to an aromatic ring is 1. The fourth-order valence-corrected chi connectivity index (χ4v) is 2.35. The van der Waals surface area contributed by atoms with E-state index in [1.807, 2.05) is 13.8 Å². The topological polar surface area (TPSA) is 75.9 Å². The summed E-state index contributed by atoms with van der Waals surface area (Å²) in [5.74, 6) is 6.26. The molecule has 2 rings (SSSR count). The second kappa shape index (κ2) is 6.15. The number of anilines is 3. The molecule has 106 valence electrons. The van der Waals surface area contributed by atoms with E-state index in [2.05, 4.69) is 36.6 Å². The van der Waals surface area contributed by atoms with Gasteiger partial charge in [0.15, 0.2) is 0 Å². The first kappa shape index (κ1) is 14.7. The average Bonchev–Trinajstić information content (AvgIpc) is 2.44. The zero-order chi connectivity index (χ0) is 14.7. The van der Waals surface area contributed by atoms with Gasteiger partial charge in [-0.2, -0.15) is 0 Å². The minimum atomic E-state index is -0.331. The van der Waals surface area contributed by atoms with Crippen molar-refractivity contribution in [1.82, 2.24) is 9.97 Å². The highest BCUT2D eigenvalue weighted by Gasteiger charge is 2.11. The number of nitrogens with two attached hydrogens (primary N) is 1. The third kappa shape index (κ3) is 2.88. The van der Waals surface area contributed by atoms with Crippen molar-refractivity contribution in [3.05, 3.63) is 39.9 Å². The predicted octanol–water partition coefficient (Wildman–Crippen LogP) is 3.28. The Morgan fingerprint density at radius 3 is 2.65 bits per heavy atom. The zero-order valence-corrected chi connectivity index (χ0v) is 12.8. The van der Waals surface area contributed by atoms with E-state index in [1.165, 1.54) is 12.4 Å². The van der Waals surface area contributed by atoms with Crippen molar-refractivity contribution in [2.75, 3.05) is 10.7 Å². The maximum Gasteiger partial charge on any atom is 0.148 e. The number of nitrogens with zero attached hydrogens (tertiary/aromatic N) is 2. The van der Waals surface area contributed by atoms with E-state index in [4.69, 9.17) is 5.84 Å². The number of halogens is 2. The molecule has 7 heteroatoms. The van der Waals surface area contributed by atoms with Gasteiger partial charge in [-0.3, -0.25) is 0 Å². The standard InChI is InChI=1S/C13H15BrFN5/c1-3-8-12(17-6-18-13(8)20-16)19-11-5-10(15)9(14)4-7(11)2/h4-6H,3,16H2,1-2H3,(H2,17,18,19,20). The number of aromatic nitrogens is 2. The van der Waals surface area contributed by atoms with Crippen LogP contribution in [0.5, 0.6) is 0 Å². The van der Waals surface area contributed by atoms with E-state index in [1.54, 1.807) is 6.07 Å². The summed E-state index contributed by atoms with van der Waals surface area (Å²) in [4.78, 5) is 8.25. The summed E-state index contributed by atoms with van der Waals surface area (Å²) < 4.78 is 14.1. The van der Waals surface area contributed by atoms with Crippen LogP contribution in [-0.2, 0) is 6.42 Å². The molecule has 0 unspecified atom stereocenters. The van der Waals surface area contributed by atoms with E-state index in [0.717, 1.165) is 11.1 Å². The maximum atomic E-state index is 13.6. The van der Waals surface area contributed by atoms with E-state index in [0.29, 0.717) is 28.2 Å². The van der Waals surface area contributed by atoms with Crippen molar-refractivity contribution in [3.63, 3.8) is 0 Å². The Morgan fingerprint density at radius 2 is 2.00 bits per heavy atom. The lowest BCUT2D eigenvalue weighted by Crippen LogP contribution is -2.13. The van der Waals surface area contributed by atoms with Crippen LogP contribution in [0.4, 0.5) is 21.7 Å². The van der Waals surface area contributed by atoms with Gasteiger partial charge >= 0.3 is 0 Å². The van der Waals surface area contributed by atoms with Gasteiger partial charge in [-0.15, -0.1) is 0 Å². The molecule has 0 fully saturated rings. The van der Waals surface area contributed by atoms with E-state index >= 15 is 0 Å². The molecule has 0 amide bonds. The zero-order valence-electron chi connectivity index (χ0n) is 11.2. The Morgan fingerprint density at radius 1 is 1.30 bits per heavy atom. The molecule has 0 saturated heterocycles. The molecular weight excluding hydrogens is 325 g/mol. The number of nitrogens with one attached hydrogen (secondary N) is 2. The van der Waals surface area contributed by atoms with Crippen molar-refractivity contribution < 1.29 is 4.39 Å². The molecule has 20 heavy (non-hydrogen) atoms. The lowest BCUT2D eigenvalue weighted by Gasteiger charge is -2.14. The van der Waals surface area contributed by atoms with Gasteiger partial charge in [-0.25, -0.2) is 20.2 Å². The van der Waals surface area contributed by atoms with Crippen molar-refractivity contribution in [2.45, 2.75) is 20.3 Å². The van der Waals surface area contributed by atoms with E-state index < -0.39 is 0 Å². The van der Waals surface area contributed by atoms with Gasteiger partial charge in [0.05, 0.1) is 4.47 Å². The second-order valence-corrected chi connectivity index (χ2v) is 5.11. The van der Waals surface area contributed by atoms with Gasteiger partial charge in [-0.05, 0) is 47.0 Å². The van der Waals surface area contributed by atoms with E-state index in [9.17, 15) is 4.39 Å². The fourth-order valence-electron chi connectivity index (χ4n) is 1.89. The van der Waals surface area contributed by atoms with Crippen LogP contribution >= 0.6 is 15.9 Å². The van der Waals surface area contributed by atoms with Gasteiger partial charge in [0.25, 0.3) is 0 Å². The molecule has 4 N–H and O–H groups in total. The van der Waals surface area contributed by atoms with Crippen LogP contribution in [0.25, 0.3) is 0 Å². The quantitative estimate of drug-likeness (QED) is 0.588. The van der Waals surface area contributed by atoms with Crippen LogP contribution in [0.2, 0.25) is 0 Å². The molecular formula is C13H15BrFN5. The largest absolute Gasteiger partial charge is 0.340 e. The monoisotopic (exact) mass is 339 g/mol. The number of benzene rings is 1. The van der Waals surface area contributed by atoms with Crippen LogP contribution < -0.4 is 16.6 Å². The normalized spacial score (nSPS) is 10.4. The third-order valence-corrected chi connectivity index (χ3v) is 3.56. The summed E-state index contributed by atoms with van der Waals surface area (Å²) in [7, 11) is 0. The molecule has 5 nitrogen and oxygen atoms in total. The molecule has 0 spiro atoms. The molecule has 0 aliphatic carbocycles. The number of rotatable bonds is 4. The van der Waals surface area contributed by atoms with Crippen LogP contribution in [0.15, 0.2) is 22.9 Å².